The standard InChI is InChI=1S/C132H100N4S/c1-129(2)119-51-31-27-47-109(119)113-63-57-99(81-123(113)129)133(97-43-23-13-24-44-97)105-73-95(75-107(79-105)135(101-59-65-115-111-49-29-33-53-121(111)131(5,6)125(115)83-101)103-69-91(85-35-15-9-16-36-85)67-92(70-103)86-37-17-10-18-38-86)89-55-61-117-118-62-56-90(78-128(118)137-127(117)77-89)96-74-106(134(98-45-25-14-26-46-98)100-58-64-114-110-48-28-32-52-120(110)130(3,4)124(114)82-100)80-108(76-96)136(102-60-66-116-112-50-30-34-54-122(112)132(7,8)126(116)84-102)104-71-93(87-39-19-11-20-40-87)68-94(72-104)88-41-21-12-22-42-88/h9-84H,1-8H3. The van der Waals surface area contributed by atoms with Crippen molar-refractivity contribution in [2.24, 2.45) is 0 Å². The molecule has 4 aliphatic carbocycles. The Bertz CT molecular complexity index is 7790. The summed E-state index contributed by atoms with van der Waals surface area (Å²) in [6.45, 7) is 19.2. The maximum Gasteiger partial charge on any atom is 0.0488 e. The van der Waals surface area contributed by atoms with Crippen LogP contribution in [0.1, 0.15) is 99.9 Å². The summed E-state index contributed by atoms with van der Waals surface area (Å²) in [5.74, 6) is 0. The maximum atomic E-state index is 2.55. The Kier molecular flexibility index (Phi) is 19.5. The van der Waals surface area contributed by atoms with Crippen LogP contribution in [0.25, 0.3) is 131 Å². The minimum Gasteiger partial charge on any atom is -0.310 e. The van der Waals surface area contributed by atoms with Crippen molar-refractivity contribution < 1.29 is 0 Å². The lowest BCUT2D eigenvalue weighted by molar-refractivity contribution is 0.660. The minimum absolute atomic E-state index is 0.249. The zero-order valence-corrected chi connectivity index (χ0v) is 78.9. The summed E-state index contributed by atoms with van der Waals surface area (Å²) in [7, 11) is 0. The van der Waals surface area contributed by atoms with E-state index in [0.717, 1.165) is 135 Å². The Morgan fingerprint density at radius 2 is 0.350 bits per heavy atom. The van der Waals surface area contributed by atoms with E-state index < -0.39 is 0 Å². The molecule has 137 heavy (non-hydrogen) atoms. The first kappa shape index (κ1) is 82.7. The number of rotatable bonds is 18. The Morgan fingerprint density at radius 1 is 0.139 bits per heavy atom. The van der Waals surface area contributed by atoms with E-state index in [1.807, 2.05) is 11.3 Å². The molecule has 0 unspecified atom stereocenters. The van der Waals surface area contributed by atoms with E-state index in [0.29, 0.717) is 0 Å². The van der Waals surface area contributed by atoms with Crippen LogP contribution in [0.15, 0.2) is 461 Å². The second-order valence-corrected chi connectivity index (χ2v) is 40.7. The van der Waals surface area contributed by atoms with Gasteiger partial charge in [-0.3, -0.25) is 0 Å². The van der Waals surface area contributed by atoms with E-state index in [-0.39, 0.29) is 21.7 Å². The van der Waals surface area contributed by atoms with Gasteiger partial charge in [0, 0.05) is 110 Å². The molecular weight excluding hydrogens is 1670 g/mol. The molecule has 4 nitrogen and oxygen atoms in total. The minimum atomic E-state index is -0.279. The van der Waals surface area contributed by atoms with E-state index in [1.54, 1.807) is 0 Å². The fourth-order valence-corrected chi connectivity index (χ4v) is 24.3. The van der Waals surface area contributed by atoms with Gasteiger partial charge in [-0.2, -0.15) is 0 Å². The number of hydrogen-bond donors (Lipinski definition) is 0. The van der Waals surface area contributed by atoms with Gasteiger partial charge in [0.2, 0.25) is 0 Å². The average molecular weight is 1770 g/mol. The summed E-state index contributed by atoms with van der Waals surface area (Å²) >= 11 is 1.88. The molecule has 20 aromatic carbocycles. The molecule has 0 atom stereocenters. The van der Waals surface area contributed by atoms with Crippen molar-refractivity contribution in [1.29, 1.82) is 0 Å². The Morgan fingerprint density at radius 3 is 0.613 bits per heavy atom. The highest BCUT2D eigenvalue weighted by Crippen LogP contribution is 2.59. The Hall–Kier alpha value is -16.2. The molecule has 0 saturated carbocycles. The number of para-hydroxylation sites is 2. The Balaban J connectivity index is 0.705. The molecule has 25 rings (SSSR count). The molecule has 0 saturated heterocycles. The highest BCUT2D eigenvalue weighted by molar-refractivity contribution is 7.25. The third-order valence-electron chi connectivity index (χ3n) is 30.1. The summed E-state index contributed by atoms with van der Waals surface area (Å²) in [5, 5.41) is 2.43. The lowest BCUT2D eigenvalue weighted by Crippen LogP contribution is -2.18. The van der Waals surface area contributed by atoms with E-state index in [4.69, 9.17) is 0 Å². The molecule has 1 aromatic heterocycles. The average Bonchev–Trinajstić information content (AvgIpc) is 1.58. The molecule has 0 amide bonds. The smallest absolute Gasteiger partial charge is 0.0488 e. The van der Waals surface area contributed by atoms with Crippen LogP contribution in [0, 0.1) is 0 Å². The first-order valence-electron chi connectivity index (χ1n) is 48.0. The topological polar surface area (TPSA) is 13.0 Å². The largest absolute Gasteiger partial charge is 0.310 e. The number of thiophene rings is 1. The van der Waals surface area contributed by atoms with Gasteiger partial charge >= 0.3 is 0 Å². The van der Waals surface area contributed by atoms with Crippen LogP contribution in [-0.2, 0) is 21.7 Å². The molecule has 0 bridgehead atoms. The second-order valence-electron chi connectivity index (χ2n) is 39.6. The summed E-state index contributed by atoms with van der Waals surface area (Å²) in [6, 6.07) is 174. The number of hydrogen-bond acceptors (Lipinski definition) is 5. The molecule has 21 aromatic rings. The van der Waals surface area contributed by atoms with E-state index in [1.165, 1.54) is 109 Å². The van der Waals surface area contributed by atoms with Gasteiger partial charge < -0.3 is 19.6 Å². The summed E-state index contributed by atoms with van der Waals surface area (Å²) in [6.07, 6.45) is 0. The fourth-order valence-electron chi connectivity index (χ4n) is 23.1. The van der Waals surface area contributed by atoms with Crippen LogP contribution < -0.4 is 19.6 Å². The maximum absolute atomic E-state index is 2.55. The second kappa shape index (κ2) is 32.3. The third kappa shape index (κ3) is 13.9. The van der Waals surface area contributed by atoms with Gasteiger partial charge in [0.15, 0.2) is 0 Å². The predicted molar refractivity (Wildman–Crippen MR) is 581 cm³/mol. The number of fused-ring (bicyclic) bond motifs is 15. The zero-order valence-electron chi connectivity index (χ0n) is 78.1. The predicted octanol–water partition coefficient (Wildman–Crippen LogP) is 37.2. The molecule has 654 valence electrons. The lowest BCUT2D eigenvalue weighted by Gasteiger charge is -2.32. The van der Waals surface area contributed by atoms with Crippen molar-refractivity contribution in [3.63, 3.8) is 0 Å². The lowest BCUT2D eigenvalue weighted by atomic mass is 9.82. The van der Waals surface area contributed by atoms with Gasteiger partial charge in [0.05, 0.1) is 0 Å². The molecule has 1 heterocycles. The van der Waals surface area contributed by atoms with Crippen molar-refractivity contribution >= 4 is 99.8 Å². The van der Waals surface area contributed by atoms with Crippen molar-refractivity contribution in [3.05, 3.63) is 506 Å². The SMILES string of the molecule is CC1(C)c2ccccc2-c2ccc(N(c3ccccc3)c3cc(-c4ccc5c(c4)sc4cc(-c6cc(N(c7ccccc7)c7ccc8c(c7)C(C)(C)c7ccccc7-8)cc(N(c7cc(-c8ccccc8)cc(-c8ccccc8)c7)c7ccc8c(c7)C(C)(C)c7ccccc7-8)c6)ccc45)cc(N(c4cc(-c5ccccc5)cc(-c5ccccc5)c4)c4ccc5c(c4)C(C)(C)c4ccccc4-5)c3)cc21. The van der Waals surface area contributed by atoms with E-state index in [2.05, 4.69) is 536 Å². The monoisotopic (exact) mass is 1770 g/mol. The van der Waals surface area contributed by atoms with Crippen LogP contribution in [0.3, 0.4) is 0 Å². The molecular formula is C132H100N4S. The van der Waals surface area contributed by atoms with Crippen molar-refractivity contribution in [3.8, 4) is 111 Å². The van der Waals surface area contributed by atoms with Gasteiger partial charge in [-0.05, 0) is 314 Å². The first-order chi connectivity index (χ1) is 66.9. The zero-order chi connectivity index (χ0) is 92.2. The molecule has 4 aliphatic rings. The molecule has 0 spiro atoms. The molecule has 0 radical (unpaired) electrons. The summed E-state index contributed by atoms with van der Waals surface area (Å²) < 4.78 is 2.41. The summed E-state index contributed by atoms with van der Waals surface area (Å²) in [4.78, 5) is 10.1. The summed E-state index contributed by atoms with van der Waals surface area (Å²) in [5.41, 5.74) is 46.0. The fraction of sp³-hybridized carbons (Fsp3) is 0.0909. The molecule has 0 N–H and O–H groups in total. The Labute approximate surface area is 807 Å². The number of anilines is 12. The van der Waals surface area contributed by atoms with Crippen LogP contribution in [0.2, 0.25) is 0 Å². The molecule has 0 fully saturated rings. The van der Waals surface area contributed by atoms with Crippen molar-refractivity contribution in [1.82, 2.24) is 0 Å². The van der Waals surface area contributed by atoms with Gasteiger partial charge in [0.1, 0.15) is 0 Å². The third-order valence-corrected chi connectivity index (χ3v) is 31.2. The van der Waals surface area contributed by atoms with E-state index in [9.17, 15) is 0 Å². The number of benzene rings is 20. The van der Waals surface area contributed by atoms with Gasteiger partial charge in [-0.1, -0.05) is 359 Å². The van der Waals surface area contributed by atoms with Gasteiger partial charge in [0.25, 0.3) is 0 Å². The highest BCUT2D eigenvalue weighted by atomic mass is 32.1. The van der Waals surface area contributed by atoms with E-state index >= 15 is 0 Å². The van der Waals surface area contributed by atoms with Crippen LogP contribution in [0.4, 0.5) is 68.2 Å². The first-order valence-corrected chi connectivity index (χ1v) is 48.8. The normalized spacial score (nSPS) is 13.8. The van der Waals surface area contributed by atoms with Gasteiger partial charge in [-0.25, -0.2) is 0 Å². The van der Waals surface area contributed by atoms with Crippen LogP contribution >= 0.6 is 11.3 Å². The van der Waals surface area contributed by atoms with Crippen molar-refractivity contribution in [2.75, 3.05) is 19.6 Å². The van der Waals surface area contributed by atoms with Crippen LogP contribution in [-0.4, -0.2) is 0 Å². The molecule has 0 aliphatic heterocycles. The molecule has 5 heteroatoms. The highest BCUT2D eigenvalue weighted by Gasteiger charge is 2.41. The van der Waals surface area contributed by atoms with Gasteiger partial charge in [-0.15, -0.1) is 11.3 Å². The quantitative estimate of drug-likeness (QED) is 0.0849. The van der Waals surface area contributed by atoms with Crippen LogP contribution in [0.5, 0.6) is 0 Å². The number of nitrogens with zero attached hydrogens (tertiary/aromatic N) is 4. The van der Waals surface area contributed by atoms with Crippen molar-refractivity contribution in [2.45, 2.75) is 77.0 Å².